The number of pyridine rings is 1. The summed E-state index contributed by atoms with van der Waals surface area (Å²) in [6.45, 7) is 0.957. The quantitative estimate of drug-likeness (QED) is 0.329. The van der Waals surface area contributed by atoms with Gasteiger partial charge in [0.15, 0.2) is 5.82 Å². The molecular weight excluding hydrogens is 520 g/mol. The van der Waals surface area contributed by atoms with Crippen LogP contribution in [0.15, 0.2) is 73.2 Å². The number of nitrogens with two attached hydrogens (primary N) is 1. The van der Waals surface area contributed by atoms with Crippen molar-refractivity contribution in [2.75, 3.05) is 18.8 Å². The van der Waals surface area contributed by atoms with E-state index in [1.807, 2.05) is 61.8 Å². The number of carbonyl (C=O) groups excluding carboxylic acids is 2. The normalized spacial score (nSPS) is 14.8. The van der Waals surface area contributed by atoms with Crippen LogP contribution in [0.25, 0.3) is 33.6 Å². The molecule has 3 N–H and O–H groups in total. The van der Waals surface area contributed by atoms with Crippen LogP contribution in [0, 0.1) is 0 Å². The van der Waals surface area contributed by atoms with Gasteiger partial charge in [-0.05, 0) is 52.2 Å². The molecule has 206 valence electrons. The molecule has 3 aromatic heterocycles. The molecule has 0 unspecified atom stereocenters. The van der Waals surface area contributed by atoms with Gasteiger partial charge in [-0.25, -0.2) is 9.67 Å². The number of aromatic nitrogens is 7. The molecule has 6 rings (SSSR count). The first-order valence-electron chi connectivity index (χ1n) is 13.1. The van der Waals surface area contributed by atoms with Crippen LogP contribution >= 0.6 is 0 Å². The molecule has 2 aromatic carbocycles. The Morgan fingerprint density at radius 2 is 1.76 bits per heavy atom. The van der Waals surface area contributed by atoms with Crippen molar-refractivity contribution in [2.45, 2.75) is 12.5 Å². The standard InChI is InChI=1S/C29H28N10O2/c1-37-16-23(15-32-37)22-13-25(26(30)31-14-22)28(40)33-24-10-11-39(17-24)29(41)19-8-6-18(7-9-19)20-4-3-5-21(12-20)27-34-35-36-38(27)2/h3-9,12-16,24H,10-11,17H2,1-2H3,(H2,30,31)(H,33,40)/t24-/m1/s1. The van der Waals surface area contributed by atoms with E-state index < -0.39 is 0 Å². The number of anilines is 1. The van der Waals surface area contributed by atoms with Gasteiger partial charge in [0.1, 0.15) is 5.82 Å². The second-order valence-corrected chi connectivity index (χ2v) is 10.1. The van der Waals surface area contributed by atoms with E-state index in [0.29, 0.717) is 36.5 Å². The van der Waals surface area contributed by atoms with Crippen molar-refractivity contribution >= 4 is 17.6 Å². The maximum atomic E-state index is 13.3. The van der Waals surface area contributed by atoms with Crippen LogP contribution in [0.4, 0.5) is 5.82 Å². The van der Waals surface area contributed by atoms with Crippen molar-refractivity contribution in [3.63, 3.8) is 0 Å². The number of tetrazole rings is 1. The van der Waals surface area contributed by atoms with E-state index in [1.165, 1.54) is 0 Å². The minimum absolute atomic E-state index is 0.0769. The van der Waals surface area contributed by atoms with Crippen LogP contribution in [0.1, 0.15) is 27.1 Å². The largest absolute Gasteiger partial charge is 0.383 e. The van der Waals surface area contributed by atoms with Crippen molar-refractivity contribution in [3.05, 3.63) is 84.3 Å². The van der Waals surface area contributed by atoms with Gasteiger partial charge >= 0.3 is 0 Å². The highest BCUT2D eigenvalue weighted by atomic mass is 16.2. The van der Waals surface area contributed by atoms with Crippen LogP contribution in [-0.2, 0) is 14.1 Å². The first-order chi connectivity index (χ1) is 19.9. The molecular formula is C29H28N10O2. The van der Waals surface area contributed by atoms with Gasteiger partial charge in [-0.3, -0.25) is 14.3 Å². The summed E-state index contributed by atoms with van der Waals surface area (Å²) in [4.78, 5) is 32.3. The lowest BCUT2D eigenvalue weighted by atomic mass is 10.0. The Balaban J connectivity index is 1.10. The van der Waals surface area contributed by atoms with Gasteiger partial charge in [-0.2, -0.15) is 5.10 Å². The molecule has 12 heteroatoms. The SMILES string of the molecule is Cn1cc(-c2cnc(N)c(C(=O)N[C@@H]3CCN(C(=O)c4ccc(-c5cccc(-c6nnnn6C)c5)cc4)C3)c2)cn1. The molecule has 12 nitrogen and oxygen atoms in total. The number of likely N-dealkylation sites (tertiary alicyclic amines) is 1. The van der Waals surface area contributed by atoms with Crippen LogP contribution in [0.5, 0.6) is 0 Å². The zero-order valence-corrected chi connectivity index (χ0v) is 22.6. The fourth-order valence-electron chi connectivity index (χ4n) is 5.01. The van der Waals surface area contributed by atoms with Crippen LogP contribution in [-0.4, -0.2) is 70.8 Å². The van der Waals surface area contributed by atoms with Gasteiger partial charge in [-0.1, -0.05) is 30.3 Å². The average molecular weight is 549 g/mol. The highest BCUT2D eigenvalue weighted by molar-refractivity contribution is 6.00. The summed E-state index contributed by atoms with van der Waals surface area (Å²) in [5.41, 5.74) is 11.4. The molecule has 1 saturated heterocycles. The molecule has 0 spiro atoms. The number of nitrogens with zero attached hydrogens (tertiary/aromatic N) is 8. The minimum Gasteiger partial charge on any atom is -0.383 e. The maximum absolute atomic E-state index is 13.3. The van der Waals surface area contributed by atoms with Crippen molar-refractivity contribution in [1.82, 2.24) is 45.2 Å². The number of hydrogen-bond acceptors (Lipinski definition) is 8. The molecule has 0 aliphatic carbocycles. The summed E-state index contributed by atoms with van der Waals surface area (Å²) in [5, 5.41) is 18.9. The van der Waals surface area contributed by atoms with Gasteiger partial charge in [-0.15, -0.1) is 5.10 Å². The van der Waals surface area contributed by atoms with Crippen molar-refractivity contribution in [2.24, 2.45) is 14.1 Å². The number of hydrogen-bond donors (Lipinski definition) is 2. The lowest BCUT2D eigenvalue weighted by molar-refractivity contribution is 0.0783. The number of nitrogens with one attached hydrogen (secondary N) is 1. The predicted molar refractivity (Wildman–Crippen MR) is 152 cm³/mol. The fourth-order valence-corrected chi connectivity index (χ4v) is 5.01. The zero-order chi connectivity index (χ0) is 28.5. The smallest absolute Gasteiger partial charge is 0.255 e. The Morgan fingerprint density at radius 1 is 0.951 bits per heavy atom. The van der Waals surface area contributed by atoms with Gasteiger partial charge < -0.3 is 16.0 Å². The zero-order valence-electron chi connectivity index (χ0n) is 22.6. The van der Waals surface area contributed by atoms with Crippen LogP contribution < -0.4 is 11.1 Å². The summed E-state index contributed by atoms with van der Waals surface area (Å²) in [5.74, 6) is 0.435. The van der Waals surface area contributed by atoms with Gasteiger partial charge in [0, 0.05) is 67.9 Å². The molecule has 1 aliphatic rings. The lowest BCUT2D eigenvalue weighted by Crippen LogP contribution is -2.38. The second kappa shape index (κ2) is 10.6. The average Bonchev–Trinajstić information content (AvgIpc) is 3.74. The van der Waals surface area contributed by atoms with Gasteiger partial charge in [0.05, 0.1) is 11.8 Å². The number of amides is 2. The summed E-state index contributed by atoms with van der Waals surface area (Å²) >= 11 is 0. The molecule has 1 fully saturated rings. The van der Waals surface area contributed by atoms with Gasteiger partial charge in [0.25, 0.3) is 11.8 Å². The van der Waals surface area contributed by atoms with E-state index in [9.17, 15) is 9.59 Å². The number of rotatable bonds is 6. The molecule has 1 atom stereocenters. The third-order valence-corrected chi connectivity index (χ3v) is 7.22. The first-order valence-corrected chi connectivity index (χ1v) is 13.1. The highest BCUT2D eigenvalue weighted by Crippen LogP contribution is 2.26. The minimum atomic E-state index is -0.316. The Bertz CT molecular complexity index is 1740. The lowest BCUT2D eigenvalue weighted by Gasteiger charge is -2.18. The fraction of sp³-hybridized carbons (Fsp3) is 0.207. The third-order valence-electron chi connectivity index (χ3n) is 7.22. The van der Waals surface area contributed by atoms with Crippen molar-refractivity contribution in [1.29, 1.82) is 0 Å². The third kappa shape index (κ3) is 5.26. The molecule has 41 heavy (non-hydrogen) atoms. The molecule has 1 aliphatic heterocycles. The second-order valence-electron chi connectivity index (χ2n) is 10.1. The Hall–Kier alpha value is -5.39. The van der Waals surface area contributed by atoms with Gasteiger partial charge in [0.2, 0.25) is 0 Å². The summed E-state index contributed by atoms with van der Waals surface area (Å²) < 4.78 is 3.30. The monoisotopic (exact) mass is 548 g/mol. The molecule has 0 radical (unpaired) electrons. The predicted octanol–water partition coefficient (Wildman–Crippen LogP) is 2.57. The van der Waals surface area contributed by atoms with E-state index >= 15 is 0 Å². The van der Waals surface area contributed by atoms with Crippen LogP contribution in [0.3, 0.4) is 0 Å². The van der Waals surface area contributed by atoms with E-state index in [-0.39, 0.29) is 23.7 Å². The van der Waals surface area contributed by atoms with E-state index in [0.717, 1.165) is 27.8 Å². The molecule has 0 saturated carbocycles. The van der Waals surface area contributed by atoms with Crippen molar-refractivity contribution in [3.8, 4) is 33.6 Å². The highest BCUT2D eigenvalue weighted by Gasteiger charge is 2.29. The maximum Gasteiger partial charge on any atom is 0.255 e. The molecule has 2 amide bonds. The number of benzene rings is 2. The van der Waals surface area contributed by atoms with Crippen molar-refractivity contribution < 1.29 is 9.59 Å². The Labute approximate surface area is 235 Å². The topological polar surface area (TPSA) is 150 Å². The van der Waals surface area contributed by atoms with E-state index in [1.54, 1.807) is 39.8 Å². The Morgan fingerprint density at radius 3 is 2.49 bits per heavy atom. The number of nitrogen functional groups attached to an aromatic ring is 1. The van der Waals surface area contributed by atoms with E-state index in [4.69, 9.17) is 5.73 Å². The van der Waals surface area contributed by atoms with Crippen LogP contribution in [0.2, 0.25) is 0 Å². The molecule has 4 heterocycles. The summed E-state index contributed by atoms with van der Waals surface area (Å²) in [6, 6.07) is 17.0. The molecule has 5 aromatic rings. The first kappa shape index (κ1) is 25.9. The summed E-state index contributed by atoms with van der Waals surface area (Å²) in [7, 11) is 3.62. The number of aryl methyl sites for hydroxylation is 2. The summed E-state index contributed by atoms with van der Waals surface area (Å²) in [6.07, 6.45) is 5.82. The molecule has 0 bridgehead atoms. The Kier molecular flexibility index (Phi) is 6.71. The number of carbonyl (C=O) groups is 2. The van der Waals surface area contributed by atoms with E-state index in [2.05, 4.69) is 30.9 Å².